The van der Waals surface area contributed by atoms with Crippen molar-refractivity contribution in [1.29, 1.82) is 0 Å². The fourth-order valence-electron chi connectivity index (χ4n) is 1.92. The molecule has 0 bridgehead atoms. The van der Waals surface area contributed by atoms with Gasteiger partial charge in [0.25, 0.3) is 5.91 Å². The third kappa shape index (κ3) is 2.56. The SMILES string of the molecule is Cc1oc(CN(C)C(=O)c2ccnn2C)cc1C(=O)O. The second-order valence-corrected chi connectivity index (χ2v) is 4.49. The molecule has 0 unspecified atom stereocenters. The van der Waals surface area contributed by atoms with Gasteiger partial charge >= 0.3 is 5.97 Å². The van der Waals surface area contributed by atoms with Crippen LogP contribution in [0.5, 0.6) is 0 Å². The predicted octanol–water partition coefficient (Wildman–Crippen LogP) is 1.29. The van der Waals surface area contributed by atoms with Crippen molar-refractivity contribution in [3.8, 4) is 0 Å². The smallest absolute Gasteiger partial charge is 0.339 e. The van der Waals surface area contributed by atoms with Crippen LogP contribution in [-0.2, 0) is 13.6 Å². The highest BCUT2D eigenvalue weighted by Gasteiger charge is 2.19. The van der Waals surface area contributed by atoms with Crippen molar-refractivity contribution in [2.45, 2.75) is 13.5 Å². The molecule has 0 atom stereocenters. The Morgan fingerprint density at radius 1 is 1.50 bits per heavy atom. The fraction of sp³-hybridized carbons (Fsp3) is 0.308. The average Bonchev–Trinajstić information content (AvgIpc) is 2.94. The Labute approximate surface area is 115 Å². The number of carbonyl (C=O) groups excluding carboxylic acids is 1. The van der Waals surface area contributed by atoms with Gasteiger partial charge in [-0.25, -0.2) is 4.79 Å². The number of aromatic nitrogens is 2. The first-order chi connectivity index (χ1) is 9.40. The number of hydrogen-bond donors (Lipinski definition) is 1. The predicted molar refractivity (Wildman–Crippen MR) is 69.4 cm³/mol. The monoisotopic (exact) mass is 277 g/mol. The standard InChI is InChI=1S/C13H15N3O4/c1-8-10(13(18)19)6-9(20-8)7-15(2)12(17)11-4-5-14-16(11)3/h4-6H,7H2,1-3H3,(H,18,19). The quantitative estimate of drug-likeness (QED) is 0.909. The van der Waals surface area contributed by atoms with Crippen molar-refractivity contribution < 1.29 is 19.1 Å². The average molecular weight is 277 g/mol. The van der Waals surface area contributed by atoms with Crippen molar-refractivity contribution in [2.24, 2.45) is 7.05 Å². The van der Waals surface area contributed by atoms with Crippen LogP contribution in [0.2, 0.25) is 0 Å². The van der Waals surface area contributed by atoms with E-state index in [2.05, 4.69) is 5.10 Å². The molecule has 2 aromatic heterocycles. The van der Waals surface area contributed by atoms with Crippen molar-refractivity contribution >= 4 is 11.9 Å². The first kappa shape index (κ1) is 13.9. The Balaban J connectivity index is 2.14. The van der Waals surface area contributed by atoms with Gasteiger partial charge in [0.05, 0.1) is 6.54 Å². The minimum Gasteiger partial charge on any atom is -0.478 e. The molecule has 7 heteroatoms. The summed E-state index contributed by atoms with van der Waals surface area (Å²) < 4.78 is 6.83. The Kier molecular flexibility index (Phi) is 3.60. The normalized spacial score (nSPS) is 10.6. The van der Waals surface area contributed by atoms with Crippen LogP contribution in [-0.4, -0.2) is 38.7 Å². The van der Waals surface area contributed by atoms with Gasteiger partial charge in [0, 0.05) is 20.3 Å². The third-order valence-electron chi connectivity index (χ3n) is 2.98. The maximum atomic E-state index is 12.2. The van der Waals surface area contributed by atoms with E-state index >= 15 is 0 Å². The van der Waals surface area contributed by atoms with Crippen LogP contribution in [0.15, 0.2) is 22.7 Å². The van der Waals surface area contributed by atoms with E-state index in [0.29, 0.717) is 17.2 Å². The van der Waals surface area contributed by atoms with E-state index in [1.807, 2.05) is 0 Å². The van der Waals surface area contributed by atoms with Gasteiger partial charge in [0.1, 0.15) is 22.8 Å². The molecule has 7 nitrogen and oxygen atoms in total. The molecular formula is C13H15N3O4. The van der Waals surface area contributed by atoms with E-state index in [1.165, 1.54) is 15.6 Å². The number of furan rings is 1. The minimum atomic E-state index is -1.04. The van der Waals surface area contributed by atoms with Gasteiger partial charge in [-0.2, -0.15) is 5.10 Å². The van der Waals surface area contributed by atoms with Crippen molar-refractivity contribution in [2.75, 3.05) is 7.05 Å². The zero-order valence-corrected chi connectivity index (χ0v) is 11.5. The van der Waals surface area contributed by atoms with Crippen LogP contribution in [0.25, 0.3) is 0 Å². The lowest BCUT2D eigenvalue weighted by Crippen LogP contribution is -2.27. The van der Waals surface area contributed by atoms with E-state index in [-0.39, 0.29) is 18.0 Å². The first-order valence-electron chi connectivity index (χ1n) is 5.96. The summed E-state index contributed by atoms with van der Waals surface area (Å²) in [7, 11) is 3.30. The first-order valence-corrected chi connectivity index (χ1v) is 5.96. The van der Waals surface area contributed by atoms with E-state index in [4.69, 9.17) is 9.52 Å². The molecule has 2 aromatic rings. The number of nitrogens with zero attached hydrogens (tertiary/aromatic N) is 3. The van der Waals surface area contributed by atoms with Gasteiger partial charge in [-0.05, 0) is 19.1 Å². The summed E-state index contributed by atoms with van der Waals surface area (Å²) >= 11 is 0. The topological polar surface area (TPSA) is 88.6 Å². The number of hydrogen-bond acceptors (Lipinski definition) is 4. The summed E-state index contributed by atoms with van der Waals surface area (Å²) in [5, 5.41) is 12.9. The molecule has 0 spiro atoms. The van der Waals surface area contributed by atoms with Crippen molar-refractivity contribution in [3.63, 3.8) is 0 Å². The lowest BCUT2D eigenvalue weighted by Gasteiger charge is -2.15. The Morgan fingerprint density at radius 2 is 2.20 bits per heavy atom. The van der Waals surface area contributed by atoms with Crippen LogP contribution in [0, 0.1) is 6.92 Å². The molecule has 106 valence electrons. The van der Waals surface area contributed by atoms with Gasteiger partial charge < -0.3 is 14.4 Å². The van der Waals surface area contributed by atoms with Crippen LogP contribution in [0.1, 0.15) is 32.4 Å². The van der Waals surface area contributed by atoms with E-state index < -0.39 is 5.97 Å². The van der Waals surface area contributed by atoms with Crippen molar-refractivity contribution in [1.82, 2.24) is 14.7 Å². The molecular weight excluding hydrogens is 262 g/mol. The summed E-state index contributed by atoms with van der Waals surface area (Å²) in [6.07, 6.45) is 1.54. The number of amides is 1. The highest BCUT2D eigenvalue weighted by molar-refractivity contribution is 5.92. The molecule has 0 aliphatic rings. The molecule has 2 heterocycles. The van der Waals surface area contributed by atoms with Gasteiger partial charge in [-0.15, -0.1) is 0 Å². The van der Waals surface area contributed by atoms with Gasteiger partial charge in [0.15, 0.2) is 0 Å². The highest BCUT2D eigenvalue weighted by Crippen LogP contribution is 2.16. The highest BCUT2D eigenvalue weighted by atomic mass is 16.4. The molecule has 0 aliphatic carbocycles. The largest absolute Gasteiger partial charge is 0.478 e. The molecule has 0 aliphatic heterocycles. The summed E-state index contributed by atoms with van der Waals surface area (Å²) in [6.45, 7) is 1.77. The molecule has 0 saturated heterocycles. The third-order valence-corrected chi connectivity index (χ3v) is 2.98. The number of aryl methyl sites for hydroxylation is 2. The minimum absolute atomic E-state index is 0.112. The second kappa shape index (κ2) is 5.20. The molecule has 0 radical (unpaired) electrons. The Hall–Kier alpha value is -2.57. The lowest BCUT2D eigenvalue weighted by molar-refractivity contribution is 0.0694. The molecule has 0 fully saturated rings. The van der Waals surface area contributed by atoms with Crippen LogP contribution >= 0.6 is 0 Å². The van der Waals surface area contributed by atoms with Gasteiger partial charge in [-0.3, -0.25) is 9.48 Å². The molecule has 20 heavy (non-hydrogen) atoms. The van der Waals surface area contributed by atoms with E-state index in [1.54, 1.807) is 33.3 Å². The number of carboxylic acids is 1. The molecule has 0 saturated carbocycles. The molecule has 1 N–H and O–H groups in total. The summed E-state index contributed by atoms with van der Waals surface area (Å²) in [4.78, 5) is 24.5. The maximum Gasteiger partial charge on any atom is 0.339 e. The summed E-state index contributed by atoms with van der Waals surface area (Å²) in [5.74, 6) is -0.499. The molecule has 1 amide bonds. The Bertz CT molecular complexity index is 656. The molecule has 0 aromatic carbocycles. The van der Waals surface area contributed by atoms with E-state index in [9.17, 15) is 9.59 Å². The number of carbonyl (C=O) groups is 2. The van der Waals surface area contributed by atoms with E-state index in [0.717, 1.165) is 0 Å². The summed E-state index contributed by atoms with van der Waals surface area (Å²) in [6, 6.07) is 3.06. The zero-order chi connectivity index (χ0) is 14.9. The Morgan fingerprint density at radius 3 is 2.70 bits per heavy atom. The zero-order valence-electron chi connectivity index (χ0n) is 11.5. The fourth-order valence-corrected chi connectivity index (χ4v) is 1.92. The lowest BCUT2D eigenvalue weighted by atomic mass is 10.2. The number of rotatable bonds is 4. The van der Waals surface area contributed by atoms with Gasteiger partial charge in [0.2, 0.25) is 0 Å². The van der Waals surface area contributed by atoms with Gasteiger partial charge in [-0.1, -0.05) is 0 Å². The van der Waals surface area contributed by atoms with Crippen LogP contribution in [0.4, 0.5) is 0 Å². The number of aromatic carboxylic acids is 1. The number of carboxylic acid groups (broad SMARTS) is 1. The molecule has 2 rings (SSSR count). The summed E-state index contributed by atoms with van der Waals surface area (Å²) in [5.41, 5.74) is 0.565. The maximum absolute atomic E-state index is 12.2. The van der Waals surface area contributed by atoms with Crippen LogP contribution < -0.4 is 0 Å². The second-order valence-electron chi connectivity index (χ2n) is 4.49. The van der Waals surface area contributed by atoms with Crippen molar-refractivity contribution in [3.05, 3.63) is 41.1 Å². The van der Waals surface area contributed by atoms with Crippen LogP contribution in [0.3, 0.4) is 0 Å².